The molecule has 0 aromatic heterocycles. The van der Waals surface area contributed by atoms with Gasteiger partial charge in [0.05, 0.1) is 0 Å². The normalized spacial score (nSPS) is 12.1. The van der Waals surface area contributed by atoms with Crippen LogP contribution in [0.25, 0.3) is 0 Å². The molecule has 34 heavy (non-hydrogen) atoms. The summed E-state index contributed by atoms with van der Waals surface area (Å²) in [4.78, 5) is 0. The first kappa shape index (κ1) is 33.8. The number of benzene rings is 3. The first-order chi connectivity index (χ1) is 15.7. The molecule has 0 N–H and O–H groups in total. The number of allylic oxidation sites excluding steroid dienone is 4. The molecule has 2 aliphatic carbocycles. The number of hydrogen-bond acceptors (Lipinski definition) is 0. The molecular weight excluding hydrogens is 488 g/mol. The Bertz CT molecular complexity index is 706. The molecular formula is C33H40Zr-6. The fourth-order valence-corrected chi connectivity index (χ4v) is 2.67. The molecule has 1 saturated carbocycles. The summed E-state index contributed by atoms with van der Waals surface area (Å²) < 4.78 is 0. The molecule has 0 spiro atoms. The minimum Gasteiger partial charge on any atom is -0.358 e. The van der Waals surface area contributed by atoms with E-state index < -0.39 is 0 Å². The third-order valence-corrected chi connectivity index (χ3v) is 4.43. The smallest absolute Gasteiger partial charge is 0 e. The summed E-state index contributed by atoms with van der Waals surface area (Å²) in [5.41, 5.74) is 3.22. The SMILES string of the molecule is [C-]1=CC=CC1.[CH-]1CCCCC1.[CH2-]c1ccccc1.[CH2-]c1ccccc1.[CH2-]c1ccccc1.[CH3-].[Zr]. The van der Waals surface area contributed by atoms with E-state index in [4.69, 9.17) is 0 Å². The molecule has 0 heterocycles. The fourth-order valence-electron chi connectivity index (χ4n) is 2.67. The van der Waals surface area contributed by atoms with Crippen molar-refractivity contribution < 1.29 is 26.2 Å². The van der Waals surface area contributed by atoms with Gasteiger partial charge in [0.15, 0.2) is 0 Å². The van der Waals surface area contributed by atoms with Crippen LogP contribution in [-0.2, 0) is 26.2 Å². The molecule has 5 rings (SSSR count). The van der Waals surface area contributed by atoms with Crippen LogP contribution in [0.5, 0.6) is 0 Å². The second kappa shape index (κ2) is 25.3. The zero-order valence-corrected chi connectivity index (χ0v) is 23.3. The molecule has 0 atom stereocenters. The third kappa shape index (κ3) is 22.8. The van der Waals surface area contributed by atoms with Crippen LogP contribution in [0.4, 0.5) is 0 Å². The van der Waals surface area contributed by atoms with Crippen molar-refractivity contribution in [3.8, 4) is 0 Å². The summed E-state index contributed by atoms with van der Waals surface area (Å²) in [6, 6.07) is 29.6. The maximum atomic E-state index is 3.72. The Kier molecular flexibility index (Phi) is 25.1. The van der Waals surface area contributed by atoms with Crippen LogP contribution in [-0.4, -0.2) is 0 Å². The second-order valence-corrected chi connectivity index (χ2v) is 7.39. The van der Waals surface area contributed by atoms with Crippen molar-refractivity contribution in [2.75, 3.05) is 0 Å². The van der Waals surface area contributed by atoms with Crippen molar-refractivity contribution in [3.63, 3.8) is 0 Å². The monoisotopic (exact) mass is 526 g/mol. The maximum absolute atomic E-state index is 3.72. The van der Waals surface area contributed by atoms with Crippen LogP contribution in [0.2, 0.25) is 0 Å². The van der Waals surface area contributed by atoms with Crippen LogP contribution in [0, 0.1) is 40.7 Å². The molecule has 1 heteroatoms. The molecule has 1 fully saturated rings. The van der Waals surface area contributed by atoms with Crippen molar-refractivity contribution >= 4 is 0 Å². The van der Waals surface area contributed by atoms with Gasteiger partial charge in [0.1, 0.15) is 0 Å². The third-order valence-electron chi connectivity index (χ3n) is 4.43. The predicted molar refractivity (Wildman–Crippen MR) is 148 cm³/mol. The maximum Gasteiger partial charge on any atom is 0 e. The van der Waals surface area contributed by atoms with Gasteiger partial charge in [0.2, 0.25) is 0 Å². The standard InChI is InChI=1S/3C7H7.C6H11.C5H5.CH3.Zr/c3*1-7-5-3-2-4-6-7;1-2-4-6-5-3-1;1-2-4-5-3-1;;/h3*2-6H,1H2;1H,2-6H2;1-3H,4H2;1H3;/q6*-1;. The Morgan fingerprint density at radius 1 is 0.588 bits per heavy atom. The summed E-state index contributed by atoms with van der Waals surface area (Å²) in [5.74, 6) is 0. The average Bonchev–Trinajstić information content (AvgIpc) is 3.44. The molecule has 2 aliphatic rings. The molecule has 0 radical (unpaired) electrons. The van der Waals surface area contributed by atoms with Gasteiger partial charge in [-0.2, -0.15) is 92.8 Å². The molecule has 0 amide bonds. The largest absolute Gasteiger partial charge is 0.358 e. The van der Waals surface area contributed by atoms with Crippen molar-refractivity contribution in [1.82, 2.24) is 0 Å². The number of hydrogen-bond donors (Lipinski definition) is 0. The van der Waals surface area contributed by atoms with Crippen LogP contribution in [0.15, 0.2) is 109 Å². The van der Waals surface area contributed by atoms with E-state index >= 15 is 0 Å². The van der Waals surface area contributed by atoms with Gasteiger partial charge < -0.3 is 13.8 Å². The van der Waals surface area contributed by atoms with Crippen molar-refractivity contribution in [3.05, 3.63) is 167 Å². The first-order valence-corrected chi connectivity index (χ1v) is 11.3. The Morgan fingerprint density at radius 3 is 1.09 bits per heavy atom. The number of rotatable bonds is 0. The Labute approximate surface area is 230 Å². The van der Waals surface area contributed by atoms with Gasteiger partial charge in [-0.05, 0) is 0 Å². The van der Waals surface area contributed by atoms with Gasteiger partial charge in [-0.25, -0.2) is 12.2 Å². The van der Waals surface area contributed by atoms with Gasteiger partial charge in [-0.3, -0.25) is 6.08 Å². The zero-order valence-electron chi connectivity index (χ0n) is 20.8. The minimum absolute atomic E-state index is 0. The molecule has 0 nitrogen and oxygen atoms in total. The molecule has 0 saturated heterocycles. The van der Waals surface area contributed by atoms with Gasteiger partial charge in [0.25, 0.3) is 0 Å². The van der Waals surface area contributed by atoms with Crippen LogP contribution in [0.1, 0.15) is 55.2 Å². The first-order valence-electron chi connectivity index (χ1n) is 11.3. The van der Waals surface area contributed by atoms with E-state index in [0.717, 1.165) is 23.1 Å². The van der Waals surface area contributed by atoms with E-state index in [-0.39, 0.29) is 33.6 Å². The Balaban J connectivity index is 0. The summed E-state index contributed by atoms with van der Waals surface area (Å²) in [6.45, 7) is 11.2. The van der Waals surface area contributed by atoms with E-state index in [9.17, 15) is 0 Å². The molecule has 182 valence electrons. The molecule has 3 aromatic carbocycles. The topological polar surface area (TPSA) is 0 Å². The summed E-state index contributed by atoms with van der Waals surface area (Å²) in [5, 5.41) is 0. The van der Waals surface area contributed by atoms with Crippen molar-refractivity contribution in [1.29, 1.82) is 0 Å². The molecule has 0 aliphatic heterocycles. The molecule has 3 aromatic rings. The van der Waals surface area contributed by atoms with E-state index in [1.165, 1.54) is 32.1 Å². The summed E-state index contributed by atoms with van der Waals surface area (Å²) in [6.07, 6.45) is 19.5. The molecule has 0 bridgehead atoms. The minimum atomic E-state index is 0. The summed E-state index contributed by atoms with van der Waals surface area (Å²) >= 11 is 0. The fraction of sp³-hybridized carbons (Fsp3) is 0.182. The Morgan fingerprint density at radius 2 is 0.971 bits per heavy atom. The second-order valence-electron chi connectivity index (χ2n) is 7.39. The average molecular weight is 528 g/mol. The van der Waals surface area contributed by atoms with E-state index in [1.807, 2.05) is 103 Å². The van der Waals surface area contributed by atoms with Crippen LogP contribution in [0.3, 0.4) is 0 Å². The van der Waals surface area contributed by atoms with E-state index in [1.54, 1.807) is 0 Å². The quantitative estimate of drug-likeness (QED) is 0.255. The van der Waals surface area contributed by atoms with Gasteiger partial charge in [0, 0.05) is 26.2 Å². The van der Waals surface area contributed by atoms with Crippen molar-refractivity contribution in [2.24, 2.45) is 0 Å². The zero-order chi connectivity index (χ0) is 23.1. The Hall–Kier alpha value is -2.37. The summed E-state index contributed by atoms with van der Waals surface area (Å²) in [7, 11) is 0. The van der Waals surface area contributed by atoms with E-state index in [0.29, 0.717) is 0 Å². The van der Waals surface area contributed by atoms with Gasteiger partial charge in [-0.1, -0.05) is 37.5 Å². The molecule has 0 unspecified atom stereocenters. The van der Waals surface area contributed by atoms with E-state index in [2.05, 4.69) is 39.3 Å². The van der Waals surface area contributed by atoms with Crippen LogP contribution >= 0.6 is 0 Å². The predicted octanol–water partition coefficient (Wildman–Crippen LogP) is 9.51. The van der Waals surface area contributed by atoms with Gasteiger partial charge >= 0.3 is 0 Å². The van der Waals surface area contributed by atoms with Crippen LogP contribution < -0.4 is 0 Å². The van der Waals surface area contributed by atoms with Crippen molar-refractivity contribution in [2.45, 2.75) is 38.5 Å². The van der Waals surface area contributed by atoms with Gasteiger partial charge in [-0.15, -0.1) is 42.8 Å².